The summed E-state index contributed by atoms with van der Waals surface area (Å²) in [6.07, 6.45) is 1.93. The van der Waals surface area contributed by atoms with Gasteiger partial charge in [0.1, 0.15) is 6.04 Å². The van der Waals surface area contributed by atoms with Gasteiger partial charge in [0, 0.05) is 38.3 Å². The molecule has 1 atom stereocenters. The molecule has 0 aliphatic carbocycles. The molecule has 1 unspecified atom stereocenters. The van der Waals surface area contributed by atoms with Gasteiger partial charge in [0.25, 0.3) is 0 Å². The molecule has 0 radical (unpaired) electrons. The Hall–Kier alpha value is -1.34. The Balaban J connectivity index is 1.86. The number of urea groups is 1. The van der Waals surface area contributed by atoms with Crippen LogP contribution in [0.1, 0.15) is 26.7 Å². The number of piperazine rings is 1. The smallest absolute Gasteiger partial charge is 0.328 e. The van der Waals surface area contributed by atoms with Gasteiger partial charge in [-0.2, -0.15) is 0 Å². The zero-order chi connectivity index (χ0) is 17.0. The molecule has 2 saturated heterocycles. The first-order chi connectivity index (χ1) is 10.9. The van der Waals surface area contributed by atoms with Gasteiger partial charge in [0.15, 0.2) is 0 Å². The molecule has 0 saturated carbocycles. The second kappa shape index (κ2) is 7.49. The van der Waals surface area contributed by atoms with Gasteiger partial charge in [0.2, 0.25) is 0 Å². The number of esters is 1. The van der Waals surface area contributed by atoms with E-state index in [0.717, 1.165) is 45.6 Å². The lowest BCUT2D eigenvalue weighted by Crippen LogP contribution is -2.64. The number of ether oxygens (including phenoxy) is 1. The predicted molar refractivity (Wildman–Crippen MR) is 88.3 cm³/mol. The van der Waals surface area contributed by atoms with Crippen molar-refractivity contribution in [2.24, 2.45) is 0 Å². The molecule has 23 heavy (non-hydrogen) atoms. The summed E-state index contributed by atoms with van der Waals surface area (Å²) in [4.78, 5) is 30.6. The molecule has 2 rings (SSSR count). The van der Waals surface area contributed by atoms with Crippen LogP contribution in [0.5, 0.6) is 0 Å². The van der Waals surface area contributed by atoms with Crippen LogP contribution in [0.15, 0.2) is 0 Å². The molecule has 0 aromatic carbocycles. The van der Waals surface area contributed by atoms with Crippen LogP contribution in [0, 0.1) is 0 Å². The molecule has 1 N–H and O–H groups in total. The monoisotopic (exact) mass is 326 g/mol. The SMILES string of the molecule is CCOC(=O)C(C)NC(=O)N1CCC2(CC1)CN(C)CCN2C. The summed E-state index contributed by atoms with van der Waals surface area (Å²) in [5.74, 6) is -0.386. The normalized spacial score (nSPS) is 23.6. The fraction of sp³-hybridized carbons (Fsp3) is 0.875. The van der Waals surface area contributed by atoms with Crippen LogP contribution < -0.4 is 5.32 Å². The van der Waals surface area contributed by atoms with Crippen molar-refractivity contribution in [3.63, 3.8) is 0 Å². The van der Waals surface area contributed by atoms with Gasteiger partial charge >= 0.3 is 12.0 Å². The molecule has 2 aliphatic heterocycles. The Bertz CT molecular complexity index is 435. The summed E-state index contributed by atoms with van der Waals surface area (Å²) in [6.45, 7) is 8.41. The Morgan fingerprint density at radius 1 is 1.17 bits per heavy atom. The topological polar surface area (TPSA) is 65.1 Å². The van der Waals surface area contributed by atoms with Crippen molar-refractivity contribution in [2.75, 3.05) is 53.4 Å². The maximum Gasteiger partial charge on any atom is 0.328 e. The van der Waals surface area contributed by atoms with E-state index in [1.165, 1.54) is 0 Å². The van der Waals surface area contributed by atoms with E-state index in [-0.39, 0.29) is 17.5 Å². The maximum atomic E-state index is 12.3. The molecule has 2 fully saturated rings. The van der Waals surface area contributed by atoms with Gasteiger partial charge in [-0.3, -0.25) is 4.90 Å². The highest BCUT2D eigenvalue weighted by Crippen LogP contribution is 2.31. The van der Waals surface area contributed by atoms with Gasteiger partial charge in [0.05, 0.1) is 6.61 Å². The van der Waals surface area contributed by atoms with Gasteiger partial charge in [-0.15, -0.1) is 0 Å². The van der Waals surface area contributed by atoms with E-state index in [0.29, 0.717) is 6.61 Å². The third kappa shape index (κ3) is 4.14. The van der Waals surface area contributed by atoms with Crippen LogP contribution in [-0.4, -0.2) is 91.7 Å². The van der Waals surface area contributed by atoms with Gasteiger partial charge in [-0.1, -0.05) is 0 Å². The number of hydrogen-bond acceptors (Lipinski definition) is 5. The molecule has 7 nitrogen and oxygen atoms in total. The second-order valence-electron chi connectivity index (χ2n) is 6.79. The highest BCUT2D eigenvalue weighted by atomic mass is 16.5. The molecule has 2 aliphatic rings. The number of nitrogens with one attached hydrogen (secondary N) is 1. The molecule has 1 spiro atoms. The fourth-order valence-electron chi connectivity index (χ4n) is 3.53. The van der Waals surface area contributed by atoms with E-state index < -0.39 is 6.04 Å². The first kappa shape index (κ1) is 18.0. The number of carbonyl (C=O) groups is 2. The summed E-state index contributed by atoms with van der Waals surface area (Å²) in [5, 5.41) is 2.73. The third-order valence-corrected chi connectivity index (χ3v) is 5.15. The van der Waals surface area contributed by atoms with Crippen LogP contribution in [0.2, 0.25) is 0 Å². The number of rotatable bonds is 3. The van der Waals surface area contributed by atoms with Crippen molar-refractivity contribution in [1.82, 2.24) is 20.0 Å². The predicted octanol–water partition coefficient (Wildman–Crippen LogP) is 0.359. The van der Waals surface area contributed by atoms with Crippen LogP contribution in [0.25, 0.3) is 0 Å². The molecule has 2 heterocycles. The molecule has 2 amide bonds. The number of nitrogens with zero attached hydrogens (tertiary/aromatic N) is 3. The summed E-state index contributed by atoms with van der Waals surface area (Å²) < 4.78 is 4.92. The van der Waals surface area contributed by atoms with Crippen LogP contribution in [0.4, 0.5) is 4.79 Å². The number of hydrogen-bond donors (Lipinski definition) is 1. The molecular weight excluding hydrogens is 296 g/mol. The standard InChI is InChI=1S/C16H30N4O3/c1-5-23-14(21)13(2)17-15(22)20-8-6-16(7-9-20)12-18(3)10-11-19(16)4/h13H,5-12H2,1-4H3,(H,17,22). The Kier molecular flexibility index (Phi) is 5.86. The number of likely N-dealkylation sites (tertiary alicyclic amines) is 1. The average molecular weight is 326 g/mol. The van der Waals surface area contributed by atoms with Crippen molar-refractivity contribution in [1.29, 1.82) is 0 Å². The van der Waals surface area contributed by atoms with Crippen molar-refractivity contribution in [3.8, 4) is 0 Å². The highest BCUT2D eigenvalue weighted by Gasteiger charge is 2.42. The lowest BCUT2D eigenvalue weighted by molar-refractivity contribution is -0.144. The minimum absolute atomic E-state index is 0.174. The number of piperidine rings is 1. The summed E-state index contributed by atoms with van der Waals surface area (Å²) in [5.41, 5.74) is 0.177. The largest absolute Gasteiger partial charge is 0.464 e. The van der Waals surface area contributed by atoms with Gasteiger partial charge in [-0.25, -0.2) is 9.59 Å². The van der Waals surface area contributed by atoms with E-state index in [9.17, 15) is 9.59 Å². The second-order valence-corrected chi connectivity index (χ2v) is 6.79. The highest BCUT2D eigenvalue weighted by molar-refractivity contribution is 5.83. The van der Waals surface area contributed by atoms with Crippen molar-refractivity contribution < 1.29 is 14.3 Å². The average Bonchev–Trinajstić information content (AvgIpc) is 2.52. The van der Waals surface area contributed by atoms with Crippen LogP contribution >= 0.6 is 0 Å². The van der Waals surface area contributed by atoms with E-state index >= 15 is 0 Å². The van der Waals surface area contributed by atoms with E-state index in [2.05, 4.69) is 29.2 Å². The third-order valence-electron chi connectivity index (χ3n) is 5.15. The molecule has 132 valence electrons. The quantitative estimate of drug-likeness (QED) is 0.759. The van der Waals surface area contributed by atoms with E-state index in [4.69, 9.17) is 4.74 Å². The van der Waals surface area contributed by atoms with Crippen LogP contribution in [0.3, 0.4) is 0 Å². The van der Waals surface area contributed by atoms with Crippen molar-refractivity contribution >= 4 is 12.0 Å². The van der Waals surface area contributed by atoms with Crippen LogP contribution in [-0.2, 0) is 9.53 Å². The van der Waals surface area contributed by atoms with E-state index in [1.54, 1.807) is 13.8 Å². The van der Waals surface area contributed by atoms with Gasteiger partial charge in [-0.05, 0) is 40.8 Å². The first-order valence-electron chi connectivity index (χ1n) is 8.50. The molecular formula is C16H30N4O3. The minimum Gasteiger partial charge on any atom is -0.464 e. The maximum absolute atomic E-state index is 12.3. The number of likely N-dealkylation sites (N-methyl/N-ethyl adjacent to an activating group) is 2. The Morgan fingerprint density at radius 2 is 1.83 bits per heavy atom. The van der Waals surface area contributed by atoms with Crippen molar-refractivity contribution in [2.45, 2.75) is 38.3 Å². The molecule has 0 bridgehead atoms. The number of amides is 2. The van der Waals surface area contributed by atoms with Gasteiger partial charge < -0.3 is 19.9 Å². The summed E-state index contributed by atoms with van der Waals surface area (Å²) in [6, 6.07) is -0.783. The van der Waals surface area contributed by atoms with E-state index in [1.807, 2.05) is 4.90 Å². The molecule has 0 aromatic heterocycles. The zero-order valence-corrected chi connectivity index (χ0v) is 14.8. The molecule has 0 aromatic rings. The summed E-state index contributed by atoms with van der Waals surface area (Å²) >= 11 is 0. The minimum atomic E-state index is -0.609. The Labute approximate surface area is 138 Å². The number of carbonyl (C=O) groups excluding carboxylic acids is 2. The summed E-state index contributed by atoms with van der Waals surface area (Å²) in [7, 11) is 4.35. The van der Waals surface area contributed by atoms with Crippen molar-refractivity contribution in [3.05, 3.63) is 0 Å². The lowest BCUT2D eigenvalue weighted by atomic mass is 9.84. The fourth-order valence-corrected chi connectivity index (χ4v) is 3.53. The first-order valence-corrected chi connectivity index (χ1v) is 8.50. The Morgan fingerprint density at radius 3 is 2.43 bits per heavy atom. The zero-order valence-electron chi connectivity index (χ0n) is 14.8. The lowest BCUT2D eigenvalue weighted by Gasteiger charge is -2.52. The molecule has 7 heteroatoms.